The highest BCUT2D eigenvalue weighted by Gasteiger charge is 2.05. The topological polar surface area (TPSA) is 12.0 Å². The summed E-state index contributed by atoms with van der Waals surface area (Å²) in [5, 5.41) is 5.86. The van der Waals surface area contributed by atoms with Gasteiger partial charge in [0.1, 0.15) is 0 Å². The van der Waals surface area contributed by atoms with Crippen LogP contribution in [0.5, 0.6) is 0 Å². The van der Waals surface area contributed by atoms with Crippen LogP contribution in [0, 0.1) is 0 Å². The van der Waals surface area contributed by atoms with Crippen LogP contribution in [0.3, 0.4) is 0 Å². The van der Waals surface area contributed by atoms with Crippen LogP contribution in [-0.4, -0.2) is 6.04 Å². The molecule has 0 aliphatic rings. The van der Waals surface area contributed by atoms with Gasteiger partial charge >= 0.3 is 0 Å². The minimum Gasteiger partial charge on any atom is -0.309 e. The predicted molar refractivity (Wildman–Crippen MR) is 81.0 cm³/mol. The van der Waals surface area contributed by atoms with Gasteiger partial charge in [-0.15, -0.1) is 11.3 Å². The third-order valence-corrected chi connectivity index (χ3v) is 4.25. The van der Waals surface area contributed by atoms with Crippen molar-refractivity contribution in [3.63, 3.8) is 0 Å². The molecule has 0 bridgehead atoms. The lowest BCUT2D eigenvalue weighted by molar-refractivity contribution is 0.486. The molecule has 0 unspecified atom stereocenters. The van der Waals surface area contributed by atoms with Crippen molar-refractivity contribution >= 4 is 11.3 Å². The molecule has 0 saturated heterocycles. The Morgan fingerprint density at radius 3 is 2.44 bits per heavy atom. The summed E-state index contributed by atoms with van der Waals surface area (Å²) in [5.41, 5.74) is 2.64. The minimum atomic E-state index is 0.646. The van der Waals surface area contributed by atoms with E-state index in [4.69, 9.17) is 0 Å². The van der Waals surface area contributed by atoms with Crippen molar-refractivity contribution in [2.75, 3.05) is 0 Å². The number of hydrogen-bond donors (Lipinski definition) is 1. The SMILES string of the molecule is CCC(CC)NCc1cc(-c2ccccc2)cs1. The summed E-state index contributed by atoms with van der Waals surface area (Å²) in [6.45, 7) is 5.47. The second-order valence-corrected chi connectivity index (χ2v) is 5.56. The van der Waals surface area contributed by atoms with E-state index in [1.165, 1.54) is 28.8 Å². The molecule has 18 heavy (non-hydrogen) atoms. The van der Waals surface area contributed by atoms with E-state index in [0.717, 1.165) is 6.54 Å². The van der Waals surface area contributed by atoms with Crippen molar-refractivity contribution in [2.45, 2.75) is 39.3 Å². The lowest BCUT2D eigenvalue weighted by atomic mass is 10.1. The highest BCUT2D eigenvalue weighted by Crippen LogP contribution is 2.25. The van der Waals surface area contributed by atoms with E-state index >= 15 is 0 Å². The van der Waals surface area contributed by atoms with Crippen LogP contribution < -0.4 is 5.32 Å². The van der Waals surface area contributed by atoms with Crippen LogP contribution in [0.4, 0.5) is 0 Å². The van der Waals surface area contributed by atoms with Gasteiger partial charge in [-0.3, -0.25) is 0 Å². The van der Waals surface area contributed by atoms with Crippen molar-refractivity contribution in [3.8, 4) is 11.1 Å². The normalized spacial score (nSPS) is 11.1. The quantitative estimate of drug-likeness (QED) is 0.793. The number of thiophene rings is 1. The Labute approximate surface area is 114 Å². The average molecular weight is 259 g/mol. The van der Waals surface area contributed by atoms with Crippen molar-refractivity contribution in [1.82, 2.24) is 5.32 Å². The first-order valence-electron chi connectivity index (χ1n) is 6.69. The highest BCUT2D eigenvalue weighted by molar-refractivity contribution is 7.10. The Morgan fingerprint density at radius 1 is 1.06 bits per heavy atom. The zero-order chi connectivity index (χ0) is 12.8. The second kappa shape index (κ2) is 6.72. The first-order chi connectivity index (χ1) is 8.83. The summed E-state index contributed by atoms with van der Waals surface area (Å²) >= 11 is 1.84. The zero-order valence-corrected chi connectivity index (χ0v) is 12.0. The fourth-order valence-corrected chi connectivity index (χ4v) is 2.92. The van der Waals surface area contributed by atoms with Gasteiger partial charge in [0, 0.05) is 17.5 Å². The van der Waals surface area contributed by atoms with Crippen molar-refractivity contribution in [1.29, 1.82) is 0 Å². The molecule has 2 aromatic rings. The van der Waals surface area contributed by atoms with Crippen LogP contribution in [0.2, 0.25) is 0 Å². The molecule has 1 N–H and O–H groups in total. The van der Waals surface area contributed by atoms with Crippen LogP contribution in [0.25, 0.3) is 11.1 Å². The molecule has 0 saturated carbocycles. The van der Waals surface area contributed by atoms with Crippen molar-refractivity contribution in [3.05, 3.63) is 46.7 Å². The van der Waals surface area contributed by atoms with Crippen LogP contribution in [-0.2, 0) is 6.54 Å². The van der Waals surface area contributed by atoms with Gasteiger partial charge in [0.25, 0.3) is 0 Å². The van der Waals surface area contributed by atoms with Gasteiger partial charge in [-0.05, 0) is 35.4 Å². The Kier molecular flexibility index (Phi) is 4.97. The molecule has 1 aromatic carbocycles. The molecule has 0 amide bonds. The van der Waals surface area contributed by atoms with Gasteiger partial charge in [0.15, 0.2) is 0 Å². The maximum absolute atomic E-state index is 3.61. The molecule has 1 nitrogen and oxygen atoms in total. The first kappa shape index (κ1) is 13.3. The fourth-order valence-electron chi connectivity index (χ4n) is 2.08. The summed E-state index contributed by atoms with van der Waals surface area (Å²) < 4.78 is 0. The Morgan fingerprint density at radius 2 is 1.78 bits per heavy atom. The number of rotatable bonds is 6. The lowest BCUT2D eigenvalue weighted by Gasteiger charge is -2.13. The van der Waals surface area contributed by atoms with Crippen LogP contribution >= 0.6 is 11.3 Å². The van der Waals surface area contributed by atoms with Gasteiger partial charge in [0.05, 0.1) is 0 Å². The second-order valence-electron chi connectivity index (χ2n) is 4.56. The number of benzene rings is 1. The molecule has 1 heterocycles. The monoisotopic (exact) mass is 259 g/mol. The molecule has 2 heteroatoms. The van der Waals surface area contributed by atoms with E-state index in [2.05, 4.69) is 60.9 Å². The molecule has 1 aromatic heterocycles. The Bertz CT molecular complexity index is 457. The third kappa shape index (κ3) is 3.44. The molecule has 2 rings (SSSR count). The maximum Gasteiger partial charge on any atom is 0.0302 e. The van der Waals surface area contributed by atoms with Crippen molar-refractivity contribution < 1.29 is 0 Å². The van der Waals surface area contributed by atoms with E-state index in [0.29, 0.717) is 6.04 Å². The number of nitrogens with one attached hydrogen (secondary N) is 1. The highest BCUT2D eigenvalue weighted by atomic mass is 32.1. The fraction of sp³-hybridized carbons (Fsp3) is 0.375. The van der Waals surface area contributed by atoms with E-state index in [1.54, 1.807) is 0 Å². The largest absolute Gasteiger partial charge is 0.309 e. The lowest BCUT2D eigenvalue weighted by Crippen LogP contribution is -2.26. The van der Waals surface area contributed by atoms with Gasteiger partial charge in [-0.25, -0.2) is 0 Å². The van der Waals surface area contributed by atoms with E-state index in [-0.39, 0.29) is 0 Å². The van der Waals surface area contributed by atoms with Gasteiger partial charge in [-0.2, -0.15) is 0 Å². The van der Waals surface area contributed by atoms with Gasteiger partial charge in [0.2, 0.25) is 0 Å². The summed E-state index contributed by atoms with van der Waals surface area (Å²) in [6, 6.07) is 13.5. The Balaban J connectivity index is 1.98. The minimum absolute atomic E-state index is 0.646. The van der Waals surface area contributed by atoms with E-state index in [9.17, 15) is 0 Å². The number of hydrogen-bond acceptors (Lipinski definition) is 2. The molecule has 0 aliphatic carbocycles. The maximum atomic E-state index is 3.61. The molecular weight excluding hydrogens is 238 g/mol. The van der Waals surface area contributed by atoms with Gasteiger partial charge < -0.3 is 5.32 Å². The standard InChI is InChI=1S/C16H21NS/c1-3-15(4-2)17-11-16-10-14(12-18-16)13-8-6-5-7-9-13/h5-10,12,15,17H,3-4,11H2,1-2H3. The molecule has 0 aliphatic heterocycles. The molecule has 0 atom stereocenters. The summed E-state index contributed by atoms with van der Waals surface area (Å²) in [7, 11) is 0. The predicted octanol–water partition coefficient (Wildman–Crippen LogP) is 4.69. The van der Waals surface area contributed by atoms with Crippen molar-refractivity contribution in [2.24, 2.45) is 0 Å². The smallest absolute Gasteiger partial charge is 0.0302 e. The Hall–Kier alpha value is -1.12. The molecule has 0 fully saturated rings. The van der Waals surface area contributed by atoms with Crippen LogP contribution in [0.15, 0.2) is 41.8 Å². The molecular formula is C16H21NS. The van der Waals surface area contributed by atoms with Crippen LogP contribution in [0.1, 0.15) is 31.6 Å². The summed E-state index contributed by atoms with van der Waals surface area (Å²) in [5.74, 6) is 0. The van der Waals surface area contributed by atoms with E-state index in [1.807, 2.05) is 11.3 Å². The zero-order valence-electron chi connectivity index (χ0n) is 11.1. The summed E-state index contributed by atoms with van der Waals surface area (Å²) in [4.78, 5) is 1.42. The van der Waals surface area contributed by atoms with Gasteiger partial charge in [-0.1, -0.05) is 44.2 Å². The summed E-state index contributed by atoms with van der Waals surface area (Å²) in [6.07, 6.45) is 2.40. The molecule has 96 valence electrons. The van der Waals surface area contributed by atoms with E-state index < -0.39 is 0 Å². The third-order valence-electron chi connectivity index (χ3n) is 3.31. The average Bonchev–Trinajstić information content (AvgIpc) is 2.90. The molecule has 0 radical (unpaired) electrons. The molecule has 0 spiro atoms. The first-order valence-corrected chi connectivity index (χ1v) is 7.57.